The van der Waals surface area contributed by atoms with E-state index in [0.29, 0.717) is 5.92 Å². The summed E-state index contributed by atoms with van der Waals surface area (Å²) in [6.45, 7) is 1.63. The Hall–Kier alpha value is -1.81. The maximum Gasteiger partial charge on any atom is 0.226 e. The van der Waals surface area contributed by atoms with Crippen molar-refractivity contribution < 1.29 is 4.79 Å². The maximum atomic E-state index is 12.2. The summed E-state index contributed by atoms with van der Waals surface area (Å²) in [5, 5.41) is 0.828. The van der Waals surface area contributed by atoms with Crippen molar-refractivity contribution in [1.29, 1.82) is 0 Å². The van der Waals surface area contributed by atoms with Crippen LogP contribution >= 0.6 is 11.8 Å². The van der Waals surface area contributed by atoms with Crippen LogP contribution < -0.4 is 0 Å². The molecule has 3 nitrogen and oxygen atoms in total. The van der Waals surface area contributed by atoms with Crippen LogP contribution in [0.4, 0.5) is 0 Å². The molecule has 1 aliphatic heterocycles. The summed E-state index contributed by atoms with van der Waals surface area (Å²) in [6.07, 6.45) is 11.5. The number of hydrogen-bond acceptors (Lipinski definition) is 3. The van der Waals surface area contributed by atoms with E-state index in [-0.39, 0.29) is 18.0 Å². The number of aliphatic imine (C=N–C) groups is 1. The van der Waals surface area contributed by atoms with Crippen LogP contribution in [0.2, 0.25) is 0 Å². The number of hydrogen-bond donors (Lipinski definition) is 0. The van der Waals surface area contributed by atoms with E-state index in [2.05, 4.69) is 36.4 Å². The molecule has 1 aromatic rings. The molecule has 0 bridgehead atoms. The zero-order valence-corrected chi connectivity index (χ0v) is 13.7. The topological polar surface area (TPSA) is 32.7 Å². The summed E-state index contributed by atoms with van der Waals surface area (Å²) in [5.41, 5.74) is 1.15. The van der Waals surface area contributed by atoms with Gasteiger partial charge >= 0.3 is 0 Å². The van der Waals surface area contributed by atoms with Crippen LogP contribution in [0.5, 0.6) is 0 Å². The van der Waals surface area contributed by atoms with Gasteiger partial charge in [-0.25, -0.2) is 0 Å². The fourth-order valence-corrected chi connectivity index (χ4v) is 3.86. The van der Waals surface area contributed by atoms with Crippen molar-refractivity contribution in [2.75, 3.05) is 6.26 Å². The third-order valence-corrected chi connectivity index (χ3v) is 4.85. The van der Waals surface area contributed by atoms with Gasteiger partial charge in [0.25, 0.3) is 0 Å². The second-order valence-electron chi connectivity index (χ2n) is 5.56. The number of nitrogens with zero attached hydrogens (tertiary/aromatic N) is 2. The summed E-state index contributed by atoms with van der Waals surface area (Å²) in [7, 11) is 0. The smallest absolute Gasteiger partial charge is 0.226 e. The zero-order chi connectivity index (χ0) is 15.5. The van der Waals surface area contributed by atoms with Gasteiger partial charge in [-0.05, 0) is 18.2 Å². The standard InChI is InChI=1S/C18H20N2OS/c1-13(21)20-17(15-11-7-4-8-12-15)16(19-18(20)22-2)14-9-5-3-6-10-14/h3-9,11-12,14,16-17H,10H2,1-2H3/t14?,16-,17+/m0/s1. The molecule has 0 fully saturated rings. The van der Waals surface area contributed by atoms with Crippen molar-refractivity contribution in [3.05, 3.63) is 60.2 Å². The van der Waals surface area contributed by atoms with Gasteiger partial charge in [0.1, 0.15) is 0 Å². The highest BCUT2D eigenvalue weighted by Gasteiger charge is 2.42. The Balaban J connectivity index is 2.01. The molecule has 1 heterocycles. The van der Waals surface area contributed by atoms with E-state index >= 15 is 0 Å². The molecule has 0 saturated carbocycles. The Kier molecular flexibility index (Phi) is 4.48. The highest BCUT2D eigenvalue weighted by Crippen LogP contribution is 2.40. The molecule has 0 aromatic heterocycles. The SMILES string of the molecule is CSC1=N[C@@H](C2C=CC=CC2)[C@@H](c2ccccc2)N1C(C)=O. The van der Waals surface area contributed by atoms with Crippen molar-refractivity contribution in [3.8, 4) is 0 Å². The molecule has 3 atom stereocenters. The Bertz CT molecular complexity index is 636. The van der Waals surface area contributed by atoms with Crippen molar-refractivity contribution >= 4 is 22.8 Å². The summed E-state index contributed by atoms with van der Waals surface area (Å²) in [5.74, 6) is 0.390. The van der Waals surface area contributed by atoms with Crippen LogP contribution in [0, 0.1) is 5.92 Å². The molecule has 4 heteroatoms. The van der Waals surface area contributed by atoms with Crippen LogP contribution in [0.3, 0.4) is 0 Å². The summed E-state index contributed by atoms with van der Waals surface area (Å²) >= 11 is 1.55. The average molecular weight is 312 g/mol. The molecule has 1 unspecified atom stereocenters. The molecule has 0 radical (unpaired) electrons. The van der Waals surface area contributed by atoms with Crippen molar-refractivity contribution in [3.63, 3.8) is 0 Å². The van der Waals surface area contributed by atoms with Crippen LogP contribution in [0.15, 0.2) is 59.6 Å². The molecule has 1 amide bonds. The van der Waals surface area contributed by atoms with E-state index < -0.39 is 0 Å². The summed E-state index contributed by atoms with van der Waals surface area (Å²) in [6, 6.07) is 10.3. The van der Waals surface area contributed by atoms with Crippen LogP contribution in [0.1, 0.15) is 24.9 Å². The van der Waals surface area contributed by atoms with Gasteiger partial charge in [0, 0.05) is 12.8 Å². The molecule has 1 aliphatic carbocycles. The minimum Gasteiger partial charge on any atom is -0.282 e. The lowest BCUT2D eigenvalue weighted by Gasteiger charge is -2.30. The van der Waals surface area contributed by atoms with E-state index in [9.17, 15) is 4.79 Å². The normalized spacial score (nSPS) is 27.1. The minimum absolute atomic E-state index is 0.0118. The number of benzene rings is 1. The average Bonchev–Trinajstić information content (AvgIpc) is 2.96. The molecule has 0 N–H and O–H groups in total. The monoisotopic (exact) mass is 312 g/mol. The molecule has 0 saturated heterocycles. The number of amides is 1. The number of thioether (sulfide) groups is 1. The Labute approximate surface area is 135 Å². The molecule has 3 rings (SSSR count). The minimum atomic E-state index is -0.0118. The molecule has 114 valence electrons. The largest absolute Gasteiger partial charge is 0.282 e. The fourth-order valence-electron chi connectivity index (χ4n) is 3.19. The molecule has 0 spiro atoms. The first-order valence-electron chi connectivity index (χ1n) is 7.52. The van der Waals surface area contributed by atoms with Gasteiger partial charge in [-0.15, -0.1) is 0 Å². The van der Waals surface area contributed by atoms with Crippen LogP contribution in [0.25, 0.3) is 0 Å². The maximum absolute atomic E-state index is 12.2. The first kappa shape index (κ1) is 15.1. The van der Waals surface area contributed by atoms with Crippen LogP contribution in [-0.4, -0.2) is 28.3 Å². The van der Waals surface area contributed by atoms with Gasteiger partial charge in [-0.2, -0.15) is 0 Å². The summed E-state index contributed by atoms with van der Waals surface area (Å²) in [4.78, 5) is 19.0. The third-order valence-electron chi connectivity index (χ3n) is 4.18. The van der Waals surface area contributed by atoms with E-state index in [1.807, 2.05) is 29.4 Å². The first-order chi connectivity index (χ1) is 10.7. The first-order valence-corrected chi connectivity index (χ1v) is 8.74. The fraction of sp³-hybridized carbons (Fsp3) is 0.333. The van der Waals surface area contributed by atoms with E-state index in [1.165, 1.54) is 0 Å². The zero-order valence-electron chi connectivity index (χ0n) is 12.8. The molecule has 1 aromatic carbocycles. The quantitative estimate of drug-likeness (QED) is 0.832. The van der Waals surface area contributed by atoms with Crippen molar-refractivity contribution in [2.45, 2.75) is 25.4 Å². The molecule has 2 aliphatic rings. The third kappa shape index (κ3) is 2.75. The van der Waals surface area contributed by atoms with Gasteiger partial charge < -0.3 is 0 Å². The second kappa shape index (κ2) is 6.53. The molecular weight excluding hydrogens is 292 g/mol. The highest BCUT2D eigenvalue weighted by atomic mass is 32.2. The predicted molar refractivity (Wildman–Crippen MR) is 92.8 cm³/mol. The Morgan fingerprint density at radius 2 is 2.05 bits per heavy atom. The summed E-state index contributed by atoms with van der Waals surface area (Å²) < 4.78 is 0. The van der Waals surface area contributed by atoms with Crippen molar-refractivity contribution in [2.24, 2.45) is 10.9 Å². The van der Waals surface area contributed by atoms with E-state index in [4.69, 9.17) is 4.99 Å². The van der Waals surface area contributed by atoms with E-state index in [0.717, 1.165) is 17.2 Å². The van der Waals surface area contributed by atoms with E-state index in [1.54, 1.807) is 18.7 Å². The number of rotatable bonds is 2. The van der Waals surface area contributed by atoms with Gasteiger partial charge in [-0.3, -0.25) is 14.7 Å². The number of amidine groups is 1. The van der Waals surface area contributed by atoms with Crippen molar-refractivity contribution in [1.82, 2.24) is 4.90 Å². The lowest BCUT2D eigenvalue weighted by molar-refractivity contribution is -0.126. The predicted octanol–water partition coefficient (Wildman–Crippen LogP) is 3.81. The number of carbonyl (C=O) groups excluding carboxylic acids is 1. The lowest BCUT2D eigenvalue weighted by Crippen LogP contribution is -2.37. The molecule has 22 heavy (non-hydrogen) atoms. The van der Waals surface area contributed by atoms with Gasteiger partial charge in [-0.1, -0.05) is 66.4 Å². The van der Waals surface area contributed by atoms with Gasteiger partial charge in [0.15, 0.2) is 5.17 Å². The Morgan fingerprint density at radius 1 is 1.27 bits per heavy atom. The lowest BCUT2D eigenvalue weighted by atomic mass is 9.85. The number of carbonyl (C=O) groups is 1. The highest BCUT2D eigenvalue weighted by molar-refractivity contribution is 8.13. The Morgan fingerprint density at radius 3 is 2.64 bits per heavy atom. The molecular formula is C18H20N2OS. The number of allylic oxidation sites excluding steroid dienone is 3. The van der Waals surface area contributed by atoms with Gasteiger partial charge in [0.05, 0.1) is 12.1 Å². The second-order valence-corrected chi connectivity index (χ2v) is 6.34. The van der Waals surface area contributed by atoms with Gasteiger partial charge in [0.2, 0.25) is 5.91 Å². The van der Waals surface area contributed by atoms with Crippen LogP contribution in [-0.2, 0) is 4.79 Å².